The normalized spacial score (nSPS) is 12.2. The summed E-state index contributed by atoms with van der Waals surface area (Å²) in [4.78, 5) is 33.6. The zero-order chi connectivity index (χ0) is 23.4. The van der Waals surface area contributed by atoms with Gasteiger partial charge >= 0.3 is 0 Å². The quantitative estimate of drug-likeness (QED) is 0.392. The van der Waals surface area contributed by atoms with E-state index < -0.39 is 0 Å². The molecule has 4 aromatic rings. The van der Waals surface area contributed by atoms with Gasteiger partial charge in [0.25, 0.3) is 11.5 Å². The van der Waals surface area contributed by atoms with Crippen molar-refractivity contribution in [3.8, 4) is 0 Å². The van der Waals surface area contributed by atoms with Crippen molar-refractivity contribution in [2.75, 3.05) is 20.3 Å². The molecule has 3 aromatic carbocycles. The number of carbonyl (C=O) groups excluding carboxylic acids is 1. The number of aromatic nitrogens is 2. The average Bonchev–Trinajstić information content (AvgIpc) is 2.86. The van der Waals surface area contributed by atoms with Crippen LogP contribution < -0.4 is 5.56 Å². The number of hydrogen-bond acceptors (Lipinski definition) is 4. The Labute approximate surface area is 193 Å². The Bertz CT molecular complexity index is 1350. The third-order valence-electron chi connectivity index (χ3n) is 6.06. The second kappa shape index (κ2) is 9.96. The number of carbonyl (C=O) groups is 1. The summed E-state index contributed by atoms with van der Waals surface area (Å²) in [6.45, 7) is 5.20. The fraction of sp³-hybridized carbons (Fsp3) is 0.296. The monoisotopic (exact) mass is 443 g/mol. The summed E-state index contributed by atoms with van der Waals surface area (Å²) in [5.41, 5.74) is 1.17. The molecule has 4 rings (SSSR count). The third-order valence-corrected chi connectivity index (χ3v) is 6.06. The molecule has 0 radical (unpaired) electrons. The van der Waals surface area contributed by atoms with E-state index in [4.69, 9.17) is 9.72 Å². The first-order valence-corrected chi connectivity index (χ1v) is 11.4. The molecule has 170 valence electrons. The molecule has 0 saturated heterocycles. The number of hydrogen-bond donors (Lipinski definition) is 0. The van der Waals surface area contributed by atoms with Gasteiger partial charge in [0.2, 0.25) is 0 Å². The van der Waals surface area contributed by atoms with E-state index in [9.17, 15) is 9.59 Å². The van der Waals surface area contributed by atoms with Crippen molar-refractivity contribution in [3.05, 3.63) is 88.5 Å². The molecule has 1 amide bonds. The summed E-state index contributed by atoms with van der Waals surface area (Å²) in [5, 5.41) is 2.68. The number of rotatable bonds is 8. The highest BCUT2D eigenvalue weighted by Gasteiger charge is 2.29. The molecule has 6 heteroatoms. The van der Waals surface area contributed by atoms with Crippen molar-refractivity contribution in [2.24, 2.45) is 0 Å². The molecule has 0 N–H and O–H groups in total. The number of benzene rings is 3. The third kappa shape index (κ3) is 4.39. The van der Waals surface area contributed by atoms with Crippen LogP contribution in [-0.4, -0.2) is 40.6 Å². The van der Waals surface area contributed by atoms with E-state index in [1.165, 1.54) is 0 Å². The molecule has 0 aliphatic rings. The molecule has 1 unspecified atom stereocenters. The average molecular weight is 444 g/mol. The smallest absolute Gasteiger partial charge is 0.261 e. The lowest BCUT2D eigenvalue weighted by Crippen LogP contribution is -2.40. The van der Waals surface area contributed by atoms with Crippen molar-refractivity contribution >= 4 is 27.6 Å². The number of ether oxygens (including phenoxy) is 1. The zero-order valence-electron chi connectivity index (χ0n) is 19.3. The summed E-state index contributed by atoms with van der Waals surface area (Å²) in [6.07, 6.45) is 0.619. The lowest BCUT2D eigenvalue weighted by molar-refractivity contribution is 0.0577. The first kappa shape index (κ1) is 22.7. The summed E-state index contributed by atoms with van der Waals surface area (Å²) in [5.74, 6) is 0.503. The predicted molar refractivity (Wildman–Crippen MR) is 132 cm³/mol. The van der Waals surface area contributed by atoms with Crippen molar-refractivity contribution < 1.29 is 9.53 Å². The number of fused-ring (bicyclic) bond motifs is 2. The van der Waals surface area contributed by atoms with E-state index in [2.05, 4.69) is 0 Å². The highest BCUT2D eigenvalue weighted by atomic mass is 16.5. The molecule has 0 spiro atoms. The summed E-state index contributed by atoms with van der Waals surface area (Å²) >= 11 is 0. The highest BCUT2D eigenvalue weighted by Crippen LogP contribution is 2.26. The Balaban J connectivity index is 1.82. The number of methoxy groups -OCH3 is 1. The lowest BCUT2D eigenvalue weighted by atomic mass is 10.0. The van der Waals surface area contributed by atoms with Gasteiger partial charge in [0.15, 0.2) is 0 Å². The summed E-state index contributed by atoms with van der Waals surface area (Å²) in [6, 6.07) is 20.7. The lowest BCUT2D eigenvalue weighted by Gasteiger charge is -2.32. The van der Waals surface area contributed by atoms with Crippen LogP contribution in [0.3, 0.4) is 0 Å². The van der Waals surface area contributed by atoms with Gasteiger partial charge in [-0.25, -0.2) is 4.98 Å². The van der Waals surface area contributed by atoms with Crippen molar-refractivity contribution in [3.63, 3.8) is 0 Å². The fourth-order valence-electron chi connectivity index (χ4n) is 4.36. The molecule has 0 bridgehead atoms. The second-order valence-corrected chi connectivity index (χ2v) is 8.01. The van der Waals surface area contributed by atoms with E-state index in [0.29, 0.717) is 48.4 Å². The first-order valence-electron chi connectivity index (χ1n) is 11.4. The zero-order valence-corrected chi connectivity index (χ0v) is 19.3. The van der Waals surface area contributed by atoms with Crippen LogP contribution >= 0.6 is 0 Å². The van der Waals surface area contributed by atoms with Gasteiger partial charge in [0.05, 0.1) is 23.6 Å². The predicted octanol–water partition coefficient (Wildman–Crippen LogP) is 4.81. The van der Waals surface area contributed by atoms with Crippen LogP contribution in [0.4, 0.5) is 0 Å². The van der Waals surface area contributed by atoms with Crippen LogP contribution in [0.15, 0.2) is 71.5 Å². The minimum absolute atomic E-state index is 0.0820. The van der Waals surface area contributed by atoms with E-state index in [-0.39, 0.29) is 17.5 Å². The second-order valence-electron chi connectivity index (χ2n) is 8.01. The van der Waals surface area contributed by atoms with Crippen LogP contribution in [-0.2, 0) is 11.3 Å². The Morgan fingerprint density at radius 3 is 2.48 bits per heavy atom. The minimum atomic E-state index is -0.364. The van der Waals surface area contributed by atoms with Crippen molar-refractivity contribution in [1.82, 2.24) is 14.5 Å². The molecular formula is C27H29N3O3. The Morgan fingerprint density at radius 2 is 1.76 bits per heavy atom. The van der Waals surface area contributed by atoms with Crippen LogP contribution in [0.25, 0.3) is 21.7 Å². The standard InChI is InChI=1S/C27H29N3O3/c1-4-24(25-28-23-13-9-8-12-22(23)27(32)29(25)5-2)30(16-17-33-3)26(31)21-15-14-19-10-6-7-11-20(19)18-21/h6-15,18,24H,4-5,16-17H2,1-3H3. The molecule has 1 heterocycles. The van der Waals surface area contributed by atoms with Gasteiger partial charge in [-0.1, -0.05) is 49.4 Å². The fourth-order valence-corrected chi connectivity index (χ4v) is 4.36. The van der Waals surface area contributed by atoms with Gasteiger partial charge in [-0.15, -0.1) is 0 Å². The molecule has 6 nitrogen and oxygen atoms in total. The van der Waals surface area contributed by atoms with Crippen LogP contribution in [0, 0.1) is 0 Å². The molecule has 0 aliphatic carbocycles. The van der Waals surface area contributed by atoms with E-state index in [1.54, 1.807) is 22.6 Å². The van der Waals surface area contributed by atoms with Gasteiger partial charge in [-0.05, 0) is 48.4 Å². The van der Waals surface area contributed by atoms with Crippen LogP contribution in [0.2, 0.25) is 0 Å². The van der Waals surface area contributed by atoms with Gasteiger partial charge in [0, 0.05) is 25.8 Å². The minimum Gasteiger partial charge on any atom is -0.383 e. The molecule has 0 aliphatic heterocycles. The van der Waals surface area contributed by atoms with Crippen LogP contribution in [0.5, 0.6) is 0 Å². The van der Waals surface area contributed by atoms with Gasteiger partial charge in [-0.3, -0.25) is 14.2 Å². The number of para-hydroxylation sites is 1. The van der Waals surface area contributed by atoms with E-state index in [0.717, 1.165) is 10.8 Å². The summed E-state index contributed by atoms with van der Waals surface area (Å²) in [7, 11) is 1.62. The largest absolute Gasteiger partial charge is 0.383 e. The molecular weight excluding hydrogens is 414 g/mol. The topological polar surface area (TPSA) is 64.4 Å². The maximum absolute atomic E-state index is 13.8. The highest BCUT2D eigenvalue weighted by molar-refractivity contribution is 5.98. The number of nitrogens with zero attached hydrogens (tertiary/aromatic N) is 3. The molecule has 1 aromatic heterocycles. The SMILES string of the molecule is CCC(c1nc2ccccc2c(=O)n1CC)N(CCOC)C(=O)c1ccc2ccccc2c1. The summed E-state index contributed by atoms with van der Waals surface area (Å²) < 4.78 is 7.01. The Hall–Kier alpha value is -3.51. The molecule has 0 saturated carbocycles. The van der Waals surface area contributed by atoms with Crippen LogP contribution in [0.1, 0.15) is 42.5 Å². The van der Waals surface area contributed by atoms with E-state index >= 15 is 0 Å². The van der Waals surface area contributed by atoms with Crippen molar-refractivity contribution in [1.29, 1.82) is 0 Å². The molecule has 0 fully saturated rings. The Morgan fingerprint density at radius 1 is 1.03 bits per heavy atom. The molecule has 1 atom stereocenters. The molecule has 33 heavy (non-hydrogen) atoms. The van der Waals surface area contributed by atoms with E-state index in [1.807, 2.05) is 74.5 Å². The number of amides is 1. The first-order chi connectivity index (χ1) is 16.1. The van der Waals surface area contributed by atoms with Gasteiger partial charge in [-0.2, -0.15) is 0 Å². The maximum atomic E-state index is 13.8. The Kier molecular flexibility index (Phi) is 6.84. The van der Waals surface area contributed by atoms with Gasteiger partial charge < -0.3 is 9.64 Å². The maximum Gasteiger partial charge on any atom is 0.261 e. The van der Waals surface area contributed by atoms with Gasteiger partial charge in [0.1, 0.15) is 5.82 Å². The van der Waals surface area contributed by atoms with Crippen molar-refractivity contribution in [2.45, 2.75) is 32.9 Å².